The van der Waals surface area contributed by atoms with Gasteiger partial charge in [-0.1, -0.05) is 51.1 Å². The zero-order valence-corrected chi connectivity index (χ0v) is 19.4. The standard InChI is InChI=1S/C26H25N3O5/c1-14-13-16(29(33)34)10-12-17(14)28-24(31)20-19-11-9-15-7-5-6-8-18(15)27(19)22(21(20)25(28)32)23(30)26(2,3)4/h5-13,19-22H,1-4H3/t19-,20-,21-,22-/m0/s1. The first-order chi connectivity index (χ1) is 16.0. The first kappa shape index (κ1) is 22.0. The first-order valence-electron chi connectivity index (χ1n) is 11.2. The molecule has 0 N–H and O–H groups in total. The molecule has 3 aliphatic rings. The van der Waals surface area contributed by atoms with E-state index in [1.54, 1.807) is 6.92 Å². The maximum Gasteiger partial charge on any atom is 0.269 e. The number of nitrogens with zero attached hydrogens (tertiary/aromatic N) is 3. The second-order valence-corrected chi connectivity index (χ2v) is 10.2. The molecule has 5 rings (SSSR count). The molecule has 4 atom stereocenters. The molecule has 2 aromatic carbocycles. The Morgan fingerprint density at radius 2 is 1.68 bits per heavy atom. The fourth-order valence-corrected chi connectivity index (χ4v) is 5.50. The van der Waals surface area contributed by atoms with Crippen molar-refractivity contribution in [1.82, 2.24) is 0 Å². The zero-order valence-electron chi connectivity index (χ0n) is 19.4. The van der Waals surface area contributed by atoms with Crippen LogP contribution in [0.3, 0.4) is 0 Å². The van der Waals surface area contributed by atoms with Crippen molar-refractivity contribution < 1.29 is 19.3 Å². The lowest BCUT2D eigenvalue weighted by Gasteiger charge is -2.38. The van der Waals surface area contributed by atoms with Crippen LogP contribution >= 0.6 is 0 Å². The lowest BCUT2D eigenvalue weighted by atomic mass is 9.79. The third-order valence-electron chi connectivity index (χ3n) is 7.05. The number of imide groups is 1. The van der Waals surface area contributed by atoms with Crippen molar-refractivity contribution in [3.63, 3.8) is 0 Å². The molecule has 2 saturated heterocycles. The van der Waals surface area contributed by atoms with Crippen LogP contribution in [0.5, 0.6) is 0 Å². The maximum absolute atomic E-state index is 13.8. The minimum atomic E-state index is -0.838. The van der Waals surface area contributed by atoms with Crippen molar-refractivity contribution in [2.45, 2.75) is 39.8 Å². The number of benzene rings is 2. The van der Waals surface area contributed by atoms with Gasteiger partial charge in [0.25, 0.3) is 5.69 Å². The van der Waals surface area contributed by atoms with Gasteiger partial charge in [-0.15, -0.1) is 0 Å². The number of anilines is 2. The number of rotatable bonds is 3. The van der Waals surface area contributed by atoms with Crippen molar-refractivity contribution >= 4 is 40.7 Å². The first-order valence-corrected chi connectivity index (χ1v) is 11.2. The normalized spacial score (nSPS) is 25.3. The van der Waals surface area contributed by atoms with E-state index < -0.39 is 40.2 Å². The van der Waals surface area contributed by atoms with Gasteiger partial charge in [0.1, 0.15) is 6.04 Å². The summed E-state index contributed by atoms with van der Waals surface area (Å²) in [6.45, 7) is 7.10. The molecule has 3 heterocycles. The third-order valence-corrected chi connectivity index (χ3v) is 7.05. The van der Waals surface area contributed by atoms with E-state index in [9.17, 15) is 24.5 Å². The Morgan fingerprint density at radius 3 is 2.32 bits per heavy atom. The molecule has 2 aromatic rings. The Bertz CT molecular complexity index is 1290. The number of fused-ring (bicyclic) bond motifs is 5. The molecule has 0 radical (unpaired) electrons. The molecule has 8 heteroatoms. The number of carbonyl (C=O) groups is 3. The maximum atomic E-state index is 13.8. The van der Waals surface area contributed by atoms with Gasteiger partial charge in [0.15, 0.2) is 5.78 Å². The molecule has 0 unspecified atom stereocenters. The Kier molecular flexibility index (Phi) is 4.76. The minimum Gasteiger partial charge on any atom is -0.353 e. The van der Waals surface area contributed by atoms with Gasteiger partial charge in [0.05, 0.1) is 28.5 Å². The summed E-state index contributed by atoms with van der Waals surface area (Å²) in [7, 11) is 0. The van der Waals surface area contributed by atoms with Gasteiger partial charge < -0.3 is 4.90 Å². The van der Waals surface area contributed by atoms with E-state index in [-0.39, 0.29) is 17.4 Å². The summed E-state index contributed by atoms with van der Waals surface area (Å²) in [5.41, 5.74) is 1.72. The molecule has 0 aliphatic carbocycles. The molecule has 2 amide bonds. The highest BCUT2D eigenvalue weighted by Gasteiger charge is 2.65. The van der Waals surface area contributed by atoms with Gasteiger partial charge in [-0.25, -0.2) is 4.90 Å². The van der Waals surface area contributed by atoms with E-state index in [0.29, 0.717) is 11.3 Å². The van der Waals surface area contributed by atoms with E-state index in [1.807, 2.05) is 62.1 Å². The number of amides is 2. The largest absolute Gasteiger partial charge is 0.353 e. The summed E-state index contributed by atoms with van der Waals surface area (Å²) in [5, 5.41) is 11.2. The van der Waals surface area contributed by atoms with Gasteiger partial charge in [-0.05, 0) is 30.2 Å². The van der Waals surface area contributed by atoms with E-state index in [1.165, 1.54) is 18.2 Å². The van der Waals surface area contributed by atoms with E-state index >= 15 is 0 Å². The smallest absolute Gasteiger partial charge is 0.269 e. The predicted molar refractivity (Wildman–Crippen MR) is 127 cm³/mol. The van der Waals surface area contributed by atoms with E-state index in [4.69, 9.17) is 0 Å². The predicted octanol–water partition coefficient (Wildman–Crippen LogP) is 3.91. The molecule has 0 bridgehead atoms. The summed E-state index contributed by atoms with van der Waals surface area (Å²) in [6.07, 6.45) is 3.85. The summed E-state index contributed by atoms with van der Waals surface area (Å²) in [6, 6.07) is 10.5. The number of aryl methyl sites for hydroxylation is 1. The van der Waals surface area contributed by atoms with Crippen molar-refractivity contribution in [1.29, 1.82) is 0 Å². The number of nitro benzene ring substituents is 1. The summed E-state index contributed by atoms with van der Waals surface area (Å²) in [5.74, 6) is -2.47. The number of non-ortho nitro benzene ring substituents is 1. The number of Topliss-reactive ketones (excluding diaryl/α,β-unsaturated/α-hetero) is 1. The van der Waals surface area contributed by atoms with E-state index in [2.05, 4.69) is 0 Å². The highest BCUT2D eigenvalue weighted by Crippen LogP contribution is 2.50. The number of ketones is 1. The lowest BCUT2D eigenvalue weighted by molar-refractivity contribution is -0.384. The average Bonchev–Trinajstić information content (AvgIpc) is 3.25. The monoisotopic (exact) mass is 459 g/mol. The Labute approximate surface area is 197 Å². The number of carbonyl (C=O) groups excluding carboxylic acids is 3. The van der Waals surface area contributed by atoms with Crippen molar-refractivity contribution in [2.75, 3.05) is 9.80 Å². The molecular formula is C26H25N3O5. The SMILES string of the molecule is Cc1cc([N+](=O)[O-])ccc1N1C(=O)[C@@H]2[C@H](C1=O)[C@@H](C(=O)C(C)(C)C)N1c3ccccc3C=C[C@@H]21. The number of hydrogen-bond donors (Lipinski definition) is 0. The van der Waals surface area contributed by atoms with Crippen LogP contribution in [0.25, 0.3) is 6.08 Å². The number of para-hydroxylation sites is 1. The molecule has 0 aromatic heterocycles. The average molecular weight is 460 g/mol. The van der Waals surface area contributed by atoms with Crippen molar-refractivity contribution in [3.8, 4) is 0 Å². The van der Waals surface area contributed by atoms with E-state index in [0.717, 1.165) is 16.2 Å². The fourth-order valence-electron chi connectivity index (χ4n) is 5.50. The number of hydrogen-bond acceptors (Lipinski definition) is 6. The van der Waals surface area contributed by atoms with Crippen LogP contribution in [-0.4, -0.2) is 34.6 Å². The summed E-state index contributed by atoms with van der Waals surface area (Å²) >= 11 is 0. The van der Waals surface area contributed by atoms with Crippen LogP contribution < -0.4 is 9.80 Å². The molecule has 34 heavy (non-hydrogen) atoms. The molecular weight excluding hydrogens is 434 g/mol. The molecule has 0 spiro atoms. The van der Waals surface area contributed by atoms with Crippen LogP contribution in [0.15, 0.2) is 48.5 Å². The zero-order chi connectivity index (χ0) is 24.5. The van der Waals surface area contributed by atoms with Crippen LogP contribution in [-0.2, 0) is 14.4 Å². The Balaban J connectivity index is 1.64. The van der Waals surface area contributed by atoms with Crippen LogP contribution in [0, 0.1) is 34.3 Å². The quantitative estimate of drug-likeness (QED) is 0.392. The van der Waals surface area contributed by atoms with Crippen molar-refractivity contribution in [3.05, 3.63) is 69.8 Å². The van der Waals surface area contributed by atoms with Gasteiger partial charge in [-0.2, -0.15) is 0 Å². The topological polar surface area (TPSA) is 101 Å². The van der Waals surface area contributed by atoms with Crippen molar-refractivity contribution in [2.24, 2.45) is 17.3 Å². The molecule has 0 saturated carbocycles. The molecule has 2 fully saturated rings. The number of nitro groups is 1. The highest BCUT2D eigenvalue weighted by atomic mass is 16.6. The fraction of sp³-hybridized carbons (Fsp3) is 0.346. The lowest BCUT2D eigenvalue weighted by Crippen LogP contribution is -2.51. The van der Waals surface area contributed by atoms with Gasteiger partial charge in [0.2, 0.25) is 11.8 Å². The molecule has 3 aliphatic heterocycles. The van der Waals surface area contributed by atoms with Gasteiger partial charge in [-0.3, -0.25) is 24.5 Å². The van der Waals surface area contributed by atoms with Crippen LogP contribution in [0.4, 0.5) is 17.1 Å². The Morgan fingerprint density at radius 1 is 1.00 bits per heavy atom. The molecule has 8 nitrogen and oxygen atoms in total. The second kappa shape index (κ2) is 7.35. The second-order valence-electron chi connectivity index (χ2n) is 10.2. The van der Waals surface area contributed by atoms with Crippen LogP contribution in [0.1, 0.15) is 31.9 Å². The Hall–Kier alpha value is -3.81. The van der Waals surface area contributed by atoms with Gasteiger partial charge >= 0.3 is 0 Å². The van der Waals surface area contributed by atoms with Crippen LogP contribution in [0.2, 0.25) is 0 Å². The van der Waals surface area contributed by atoms with Gasteiger partial charge in [0, 0.05) is 23.2 Å². The minimum absolute atomic E-state index is 0.0986. The highest BCUT2D eigenvalue weighted by molar-refractivity contribution is 6.25. The summed E-state index contributed by atoms with van der Waals surface area (Å²) < 4.78 is 0. The summed E-state index contributed by atoms with van der Waals surface area (Å²) in [4.78, 5) is 55.0. The third kappa shape index (κ3) is 3.01. The molecule has 174 valence electrons.